The zero-order chi connectivity index (χ0) is 12.4. The fourth-order valence-electron chi connectivity index (χ4n) is 2.33. The number of hydrogen-bond donors (Lipinski definition) is 2. The van der Waals surface area contributed by atoms with Crippen LogP contribution in [0.15, 0.2) is 10.9 Å². The molecule has 0 spiro atoms. The van der Waals surface area contributed by atoms with E-state index >= 15 is 0 Å². The molecule has 18 heavy (non-hydrogen) atoms. The molecule has 0 amide bonds. The summed E-state index contributed by atoms with van der Waals surface area (Å²) in [6.45, 7) is 2.62. The second-order valence-corrected chi connectivity index (χ2v) is 5.24. The monoisotopic (exact) mass is 249 g/mol. The van der Waals surface area contributed by atoms with Crippen LogP contribution in [0.5, 0.6) is 0 Å². The van der Waals surface area contributed by atoms with Gasteiger partial charge < -0.3 is 15.0 Å². The van der Waals surface area contributed by atoms with E-state index in [0.29, 0.717) is 17.7 Å². The fraction of sp³-hybridized carbons (Fsp3) is 0.692. The second kappa shape index (κ2) is 5.10. The second-order valence-electron chi connectivity index (χ2n) is 5.24. The lowest BCUT2D eigenvalue weighted by Crippen LogP contribution is -2.15. The zero-order valence-electron chi connectivity index (χ0n) is 10.4. The van der Waals surface area contributed by atoms with Crippen molar-refractivity contribution in [2.24, 2.45) is 5.92 Å². The highest BCUT2D eigenvalue weighted by atomic mass is 16.5. The first-order valence-electron chi connectivity index (χ1n) is 6.74. The Morgan fingerprint density at radius 1 is 1.44 bits per heavy atom. The highest BCUT2D eigenvalue weighted by Gasteiger charge is 2.26. The van der Waals surface area contributed by atoms with E-state index in [0.717, 1.165) is 51.3 Å². The first-order valence-corrected chi connectivity index (χ1v) is 6.74. The molecule has 1 saturated carbocycles. The van der Waals surface area contributed by atoms with Gasteiger partial charge in [0.1, 0.15) is 11.6 Å². The van der Waals surface area contributed by atoms with Gasteiger partial charge >= 0.3 is 0 Å². The molecule has 1 unspecified atom stereocenters. The highest BCUT2D eigenvalue weighted by molar-refractivity contribution is 5.33. The number of anilines is 1. The summed E-state index contributed by atoms with van der Waals surface area (Å²) in [6.07, 6.45) is 4.52. The molecule has 98 valence electrons. The predicted octanol–water partition coefficient (Wildman–Crippen LogP) is 1.49. The Bertz CT molecular complexity index is 462. The van der Waals surface area contributed by atoms with Crippen LogP contribution in [0.25, 0.3) is 0 Å². The molecule has 1 atom stereocenters. The minimum absolute atomic E-state index is 0.0569. The van der Waals surface area contributed by atoms with Crippen molar-refractivity contribution in [3.8, 4) is 0 Å². The van der Waals surface area contributed by atoms with Gasteiger partial charge in [-0.1, -0.05) is 0 Å². The molecule has 1 saturated heterocycles. The summed E-state index contributed by atoms with van der Waals surface area (Å²) < 4.78 is 5.34. The lowest BCUT2D eigenvalue weighted by molar-refractivity contribution is 0.185. The standard InChI is InChI=1S/C13H19N3O2/c17-12-7-11(15-13(16-12)10-1-2-10)14-5-3-9-4-6-18-8-9/h7,9-10H,1-6,8H2,(H2,14,15,16,17). The van der Waals surface area contributed by atoms with Crippen molar-refractivity contribution >= 4 is 5.82 Å². The Balaban J connectivity index is 1.56. The van der Waals surface area contributed by atoms with Gasteiger partial charge in [0.05, 0.1) is 0 Å². The van der Waals surface area contributed by atoms with Gasteiger partial charge in [-0.3, -0.25) is 4.79 Å². The Morgan fingerprint density at radius 2 is 2.33 bits per heavy atom. The summed E-state index contributed by atoms with van der Waals surface area (Å²) in [5.41, 5.74) is -0.0569. The molecule has 2 aliphatic rings. The summed E-state index contributed by atoms with van der Waals surface area (Å²) in [6, 6.07) is 1.54. The maximum Gasteiger partial charge on any atom is 0.252 e. The number of nitrogens with zero attached hydrogens (tertiary/aromatic N) is 1. The van der Waals surface area contributed by atoms with Crippen molar-refractivity contribution in [1.29, 1.82) is 0 Å². The van der Waals surface area contributed by atoms with Crippen LogP contribution in [0, 0.1) is 5.92 Å². The molecular weight excluding hydrogens is 230 g/mol. The Kier molecular flexibility index (Phi) is 3.32. The third-order valence-electron chi connectivity index (χ3n) is 3.61. The van der Waals surface area contributed by atoms with Crippen molar-refractivity contribution in [2.75, 3.05) is 25.1 Å². The van der Waals surface area contributed by atoms with E-state index in [-0.39, 0.29) is 5.56 Å². The molecule has 1 aromatic rings. The summed E-state index contributed by atoms with van der Waals surface area (Å²) in [5, 5.41) is 3.25. The van der Waals surface area contributed by atoms with Gasteiger partial charge in [-0.2, -0.15) is 0 Å². The van der Waals surface area contributed by atoms with E-state index in [1.165, 1.54) is 6.07 Å². The van der Waals surface area contributed by atoms with Crippen LogP contribution in [-0.4, -0.2) is 29.7 Å². The Hall–Kier alpha value is -1.36. The zero-order valence-corrected chi connectivity index (χ0v) is 10.4. The van der Waals surface area contributed by atoms with Crippen molar-refractivity contribution in [2.45, 2.75) is 31.6 Å². The van der Waals surface area contributed by atoms with Crippen molar-refractivity contribution < 1.29 is 4.74 Å². The number of nitrogens with one attached hydrogen (secondary N) is 2. The smallest absolute Gasteiger partial charge is 0.252 e. The van der Waals surface area contributed by atoms with E-state index in [1.807, 2.05) is 0 Å². The van der Waals surface area contributed by atoms with Crippen LogP contribution in [-0.2, 0) is 4.74 Å². The van der Waals surface area contributed by atoms with E-state index in [4.69, 9.17) is 4.74 Å². The van der Waals surface area contributed by atoms with Crippen molar-refractivity contribution in [3.63, 3.8) is 0 Å². The number of hydrogen-bond acceptors (Lipinski definition) is 4. The molecule has 0 radical (unpaired) electrons. The normalized spacial score (nSPS) is 23.2. The molecule has 3 rings (SSSR count). The van der Waals surface area contributed by atoms with Gasteiger partial charge in [-0.05, 0) is 31.6 Å². The molecule has 2 heterocycles. The molecule has 0 aromatic carbocycles. The summed E-state index contributed by atoms with van der Waals surface area (Å²) in [7, 11) is 0. The van der Waals surface area contributed by atoms with Crippen LogP contribution >= 0.6 is 0 Å². The lowest BCUT2D eigenvalue weighted by atomic mass is 10.1. The summed E-state index contributed by atoms with van der Waals surface area (Å²) in [4.78, 5) is 18.8. The molecule has 1 aliphatic carbocycles. The van der Waals surface area contributed by atoms with Gasteiger partial charge in [-0.25, -0.2) is 4.98 Å². The average Bonchev–Trinajstić information content (AvgIpc) is 3.08. The maximum atomic E-state index is 11.5. The molecule has 0 bridgehead atoms. The highest BCUT2D eigenvalue weighted by Crippen LogP contribution is 2.37. The Labute approximate surface area is 106 Å². The third-order valence-corrected chi connectivity index (χ3v) is 3.61. The lowest BCUT2D eigenvalue weighted by Gasteiger charge is -2.09. The SMILES string of the molecule is O=c1cc(NCCC2CCOC2)nc(C2CC2)[nH]1. The van der Waals surface area contributed by atoms with E-state index in [1.54, 1.807) is 0 Å². The molecule has 5 nitrogen and oxygen atoms in total. The van der Waals surface area contributed by atoms with Crippen LogP contribution in [0.1, 0.15) is 37.4 Å². The van der Waals surface area contributed by atoms with Crippen LogP contribution < -0.4 is 10.9 Å². The summed E-state index contributed by atoms with van der Waals surface area (Å²) >= 11 is 0. The van der Waals surface area contributed by atoms with Gasteiger partial charge in [0.25, 0.3) is 5.56 Å². The quantitative estimate of drug-likeness (QED) is 0.829. The average molecular weight is 249 g/mol. The first kappa shape index (κ1) is 11.7. The topological polar surface area (TPSA) is 67.0 Å². The molecule has 2 N–H and O–H groups in total. The van der Waals surface area contributed by atoms with Crippen molar-refractivity contribution in [3.05, 3.63) is 22.2 Å². The molecule has 5 heteroatoms. The molecule has 2 fully saturated rings. The van der Waals surface area contributed by atoms with Gasteiger partial charge in [0.2, 0.25) is 0 Å². The number of rotatable bonds is 5. The summed E-state index contributed by atoms with van der Waals surface area (Å²) in [5.74, 6) is 2.68. The number of H-pyrrole nitrogens is 1. The number of ether oxygens (including phenoxy) is 1. The van der Waals surface area contributed by atoms with Crippen LogP contribution in [0.3, 0.4) is 0 Å². The van der Waals surface area contributed by atoms with Crippen LogP contribution in [0.4, 0.5) is 5.82 Å². The van der Waals surface area contributed by atoms with E-state index in [2.05, 4.69) is 15.3 Å². The van der Waals surface area contributed by atoms with Gasteiger partial charge in [-0.15, -0.1) is 0 Å². The third kappa shape index (κ3) is 2.90. The number of aromatic amines is 1. The maximum absolute atomic E-state index is 11.5. The largest absolute Gasteiger partial charge is 0.381 e. The minimum atomic E-state index is -0.0569. The van der Waals surface area contributed by atoms with Gasteiger partial charge in [0.15, 0.2) is 0 Å². The minimum Gasteiger partial charge on any atom is -0.381 e. The number of aromatic nitrogens is 2. The van der Waals surface area contributed by atoms with Crippen LogP contribution in [0.2, 0.25) is 0 Å². The predicted molar refractivity (Wildman–Crippen MR) is 68.9 cm³/mol. The molecular formula is C13H19N3O2. The first-order chi connectivity index (χ1) is 8.81. The fourth-order valence-corrected chi connectivity index (χ4v) is 2.33. The Morgan fingerprint density at radius 3 is 3.06 bits per heavy atom. The van der Waals surface area contributed by atoms with E-state index in [9.17, 15) is 4.79 Å². The van der Waals surface area contributed by atoms with Gasteiger partial charge in [0, 0.05) is 31.7 Å². The van der Waals surface area contributed by atoms with E-state index < -0.39 is 0 Å². The molecule has 1 aliphatic heterocycles. The van der Waals surface area contributed by atoms with Crippen molar-refractivity contribution in [1.82, 2.24) is 9.97 Å². The molecule has 1 aromatic heterocycles.